The van der Waals surface area contributed by atoms with E-state index in [1.54, 1.807) is 17.0 Å². The Balaban J connectivity index is 2.89. The lowest BCUT2D eigenvalue weighted by Gasteiger charge is -2.20. The quantitative estimate of drug-likeness (QED) is 0.841. The average Bonchev–Trinajstić information content (AvgIpc) is 2.28. The third-order valence-corrected chi connectivity index (χ3v) is 2.80. The van der Waals surface area contributed by atoms with Gasteiger partial charge in [0.05, 0.1) is 12.2 Å². The van der Waals surface area contributed by atoms with Crippen molar-refractivity contribution in [1.82, 2.24) is 4.90 Å². The second-order valence-electron chi connectivity index (χ2n) is 3.24. The van der Waals surface area contributed by atoms with Gasteiger partial charge in [-0.05, 0) is 28.1 Å². The van der Waals surface area contributed by atoms with Gasteiger partial charge in [-0.15, -0.1) is 6.58 Å². The Morgan fingerprint density at radius 3 is 2.75 bits per heavy atom. The summed E-state index contributed by atoms with van der Waals surface area (Å²) in [5.41, 5.74) is 0.595. The summed E-state index contributed by atoms with van der Waals surface area (Å²) in [6.45, 7) is 4.29. The average molecular weight is 284 g/mol. The van der Waals surface area contributed by atoms with Crippen molar-refractivity contribution < 1.29 is 9.90 Å². The molecule has 0 radical (unpaired) electrons. The van der Waals surface area contributed by atoms with Gasteiger partial charge in [-0.3, -0.25) is 4.79 Å². The minimum absolute atomic E-state index is 0.0516. The Kier molecular flexibility index (Phi) is 5.22. The van der Waals surface area contributed by atoms with E-state index in [4.69, 9.17) is 5.11 Å². The summed E-state index contributed by atoms with van der Waals surface area (Å²) in [7, 11) is 0. The Morgan fingerprint density at radius 2 is 2.19 bits per heavy atom. The van der Waals surface area contributed by atoms with Crippen LogP contribution in [0.25, 0.3) is 0 Å². The molecule has 0 saturated carbocycles. The molecule has 0 bridgehead atoms. The summed E-state index contributed by atoms with van der Waals surface area (Å²) in [5, 5.41) is 8.89. The highest BCUT2D eigenvalue weighted by atomic mass is 79.9. The molecule has 0 spiro atoms. The van der Waals surface area contributed by atoms with Crippen molar-refractivity contribution in [1.29, 1.82) is 0 Å². The highest BCUT2D eigenvalue weighted by Gasteiger charge is 2.15. The van der Waals surface area contributed by atoms with E-state index < -0.39 is 0 Å². The van der Waals surface area contributed by atoms with Gasteiger partial charge in [0.15, 0.2) is 0 Å². The summed E-state index contributed by atoms with van der Waals surface area (Å²) >= 11 is 3.33. The molecule has 1 aromatic carbocycles. The van der Waals surface area contributed by atoms with Gasteiger partial charge < -0.3 is 10.0 Å². The van der Waals surface area contributed by atoms with Crippen LogP contribution in [0.2, 0.25) is 0 Å². The number of carbonyl (C=O) groups is 1. The first-order valence-electron chi connectivity index (χ1n) is 4.96. The van der Waals surface area contributed by atoms with Crippen molar-refractivity contribution >= 4 is 21.8 Å². The SMILES string of the molecule is C=CCN(CCO)C(=O)c1ccccc1Br. The van der Waals surface area contributed by atoms with E-state index in [0.717, 1.165) is 4.47 Å². The minimum atomic E-state index is -0.110. The summed E-state index contributed by atoms with van der Waals surface area (Å²) < 4.78 is 0.756. The fourth-order valence-corrected chi connectivity index (χ4v) is 1.81. The molecule has 0 aromatic heterocycles. The smallest absolute Gasteiger partial charge is 0.255 e. The third-order valence-electron chi connectivity index (χ3n) is 2.11. The molecule has 0 atom stereocenters. The lowest BCUT2D eigenvalue weighted by Crippen LogP contribution is -2.33. The van der Waals surface area contributed by atoms with Gasteiger partial charge >= 0.3 is 0 Å². The zero-order valence-corrected chi connectivity index (χ0v) is 10.5. The van der Waals surface area contributed by atoms with Crippen LogP contribution in [0.4, 0.5) is 0 Å². The van der Waals surface area contributed by atoms with Gasteiger partial charge in [-0.1, -0.05) is 18.2 Å². The molecule has 1 amide bonds. The van der Waals surface area contributed by atoms with Crippen molar-refractivity contribution in [2.45, 2.75) is 0 Å². The summed E-state index contributed by atoms with van der Waals surface area (Å²) in [5.74, 6) is -0.110. The van der Waals surface area contributed by atoms with Crippen molar-refractivity contribution in [3.8, 4) is 0 Å². The molecular formula is C12H14BrNO2. The van der Waals surface area contributed by atoms with E-state index >= 15 is 0 Å². The molecule has 1 N–H and O–H groups in total. The first-order chi connectivity index (χ1) is 7.70. The number of amides is 1. The molecule has 0 fully saturated rings. The monoisotopic (exact) mass is 283 g/mol. The number of rotatable bonds is 5. The molecule has 86 valence electrons. The van der Waals surface area contributed by atoms with E-state index in [2.05, 4.69) is 22.5 Å². The standard InChI is InChI=1S/C12H14BrNO2/c1-2-7-14(8-9-15)12(16)10-5-3-4-6-11(10)13/h2-6,15H,1,7-9H2. The molecule has 0 aliphatic heterocycles. The first kappa shape index (κ1) is 12.9. The van der Waals surface area contributed by atoms with Crippen LogP contribution in [0, 0.1) is 0 Å². The van der Waals surface area contributed by atoms with Gasteiger partial charge in [-0.25, -0.2) is 0 Å². The maximum absolute atomic E-state index is 12.1. The van der Waals surface area contributed by atoms with E-state index in [9.17, 15) is 4.79 Å². The zero-order chi connectivity index (χ0) is 12.0. The van der Waals surface area contributed by atoms with Gasteiger partial charge in [0, 0.05) is 17.6 Å². The largest absolute Gasteiger partial charge is 0.395 e. The van der Waals surface area contributed by atoms with Gasteiger partial charge in [0.1, 0.15) is 0 Å². The second kappa shape index (κ2) is 6.45. The molecular weight excluding hydrogens is 270 g/mol. The predicted molar refractivity (Wildman–Crippen MR) is 67.3 cm³/mol. The number of benzene rings is 1. The minimum Gasteiger partial charge on any atom is -0.395 e. The molecule has 0 unspecified atom stereocenters. The Hall–Kier alpha value is -1.13. The maximum atomic E-state index is 12.1. The third kappa shape index (κ3) is 3.18. The number of aliphatic hydroxyl groups excluding tert-OH is 1. The Labute approximate surface area is 104 Å². The van der Waals surface area contributed by atoms with E-state index in [-0.39, 0.29) is 12.5 Å². The van der Waals surface area contributed by atoms with Crippen LogP contribution >= 0.6 is 15.9 Å². The number of hydrogen-bond donors (Lipinski definition) is 1. The Bertz CT molecular complexity index is 379. The first-order valence-corrected chi connectivity index (χ1v) is 5.75. The normalized spacial score (nSPS) is 9.88. The number of aliphatic hydroxyl groups is 1. The molecule has 0 aliphatic carbocycles. The van der Waals surface area contributed by atoms with Gasteiger partial charge in [-0.2, -0.15) is 0 Å². The number of nitrogens with zero attached hydrogens (tertiary/aromatic N) is 1. The summed E-state index contributed by atoms with van der Waals surface area (Å²) in [6.07, 6.45) is 1.64. The van der Waals surface area contributed by atoms with Crippen LogP contribution in [0.3, 0.4) is 0 Å². The van der Waals surface area contributed by atoms with Gasteiger partial charge in [0.25, 0.3) is 5.91 Å². The van der Waals surface area contributed by atoms with Crippen LogP contribution in [-0.2, 0) is 0 Å². The number of carbonyl (C=O) groups excluding carboxylic acids is 1. The molecule has 4 heteroatoms. The lowest BCUT2D eigenvalue weighted by molar-refractivity contribution is 0.0742. The molecule has 3 nitrogen and oxygen atoms in total. The molecule has 16 heavy (non-hydrogen) atoms. The Morgan fingerprint density at radius 1 is 1.50 bits per heavy atom. The highest BCUT2D eigenvalue weighted by Crippen LogP contribution is 2.17. The highest BCUT2D eigenvalue weighted by molar-refractivity contribution is 9.10. The molecule has 1 aromatic rings. The zero-order valence-electron chi connectivity index (χ0n) is 8.90. The van der Waals surface area contributed by atoms with Crippen LogP contribution in [-0.4, -0.2) is 35.6 Å². The fourth-order valence-electron chi connectivity index (χ4n) is 1.36. The van der Waals surface area contributed by atoms with E-state index in [1.807, 2.05) is 18.2 Å². The van der Waals surface area contributed by atoms with Crippen LogP contribution < -0.4 is 0 Å². The van der Waals surface area contributed by atoms with Gasteiger partial charge in [0.2, 0.25) is 0 Å². The second-order valence-corrected chi connectivity index (χ2v) is 4.10. The predicted octanol–water partition coefficient (Wildman–Crippen LogP) is 2.07. The molecule has 0 aliphatic rings. The lowest BCUT2D eigenvalue weighted by atomic mass is 10.2. The van der Waals surface area contributed by atoms with E-state index in [1.165, 1.54) is 0 Å². The van der Waals surface area contributed by atoms with Crippen LogP contribution in [0.1, 0.15) is 10.4 Å². The van der Waals surface area contributed by atoms with Crippen molar-refractivity contribution in [3.63, 3.8) is 0 Å². The van der Waals surface area contributed by atoms with Crippen LogP contribution in [0.5, 0.6) is 0 Å². The number of hydrogen-bond acceptors (Lipinski definition) is 2. The van der Waals surface area contributed by atoms with E-state index in [0.29, 0.717) is 18.7 Å². The van der Waals surface area contributed by atoms with Crippen LogP contribution in [0.15, 0.2) is 41.4 Å². The molecule has 0 saturated heterocycles. The molecule has 1 rings (SSSR count). The summed E-state index contributed by atoms with van der Waals surface area (Å²) in [6, 6.07) is 7.23. The topological polar surface area (TPSA) is 40.5 Å². The van der Waals surface area contributed by atoms with Crippen molar-refractivity contribution in [3.05, 3.63) is 47.0 Å². The molecule has 0 heterocycles. The maximum Gasteiger partial charge on any atom is 0.255 e. The van der Waals surface area contributed by atoms with Crippen molar-refractivity contribution in [2.24, 2.45) is 0 Å². The summed E-state index contributed by atoms with van der Waals surface area (Å²) in [4.78, 5) is 13.6. The fraction of sp³-hybridized carbons (Fsp3) is 0.250. The number of halogens is 1. The van der Waals surface area contributed by atoms with Crippen molar-refractivity contribution in [2.75, 3.05) is 19.7 Å².